The molecule has 2 rings (SSSR count). The molecule has 0 saturated carbocycles. The quantitative estimate of drug-likeness (QED) is 0.763. The van der Waals surface area contributed by atoms with Crippen LogP contribution >= 0.6 is 11.7 Å². The number of rotatable bonds is 2. The van der Waals surface area contributed by atoms with E-state index in [2.05, 4.69) is 8.75 Å². The lowest BCUT2D eigenvalue weighted by Gasteiger charge is -1.98. The van der Waals surface area contributed by atoms with E-state index in [1.807, 2.05) is 0 Å². The predicted octanol–water partition coefficient (Wildman–Crippen LogP) is 2.35. The number of methoxy groups -OCH3 is 1. The number of hydrogen-bond acceptors (Lipinski definition) is 4. The van der Waals surface area contributed by atoms with Crippen molar-refractivity contribution in [3.05, 3.63) is 30.1 Å². The third-order valence-corrected chi connectivity index (χ3v) is 2.28. The zero-order chi connectivity index (χ0) is 9.97. The summed E-state index contributed by atoms with van der Waals surface area (Å²) in [6, 6.07) is 6.06. The van der Waals surface area contributed by atoms with Crippen molar-refractivity contribution in [3.8, 4) is 17.1 Å². The van der Waals surface area contributed by atoms with Gasteiger partial charge in [0.1, 0.15) is 11.5 Å². The van der Waals surface area contributed by atoms with Crippen LogP contribution in [-0.4, -0.2) is 15.9 Å². The van der Waals surface area contributed by atoms with Crippen molar-refractivity contribution >= 4 is 11.7 Å². The van der Waals surface area contributed by atoms with Crippen LogP contribution in [0.5, 0.6) is 5.88 Å². The number of halogens is 1. The molecule has 0 aliphatic carbocycles. The van der Waals surface area contributed by atoms with Gasteiger partial charge in [0.15, 0.2) is 0 Å². The Morgan fingerprint density at radius 1 is 1.21 bits per heavy atom. The molecule has 14 heavy (non-hydrogen) atoms. The van der Waals surface area contributed by atoms with E-state index < -0.39 is 0 Å². The summed E-state index contributed by atoms with van der Waals surface area (Å²) in [4.78, 5) is 0. The van der Waals surface area contributed by atoms with E-state index in [0.29, 0.717) is 11.6 Å². The predicted molar refractivity (Wildman–Crippen MR) is 51.9 cm³/mol. The normalized spacial score (nSPS) is 10.1. The van der Waals surface area contributed by atoms with Crippen LogP contribution in [0.1, 0.15) is 0 Å². The second-order valence-electron chi connectivity index (χ2n) is 2.63. The van der Waals surface area contributed by atoms with E-state index in [9.17, 15) is 4.39 Å². The summed E-state index contributed by atoms with van der Waals surface area (Å²) >= 11 is 1.07. The lowest BCUT2D eigenvalue weighted by Crippen LogP contribution is -1.86. The summed E-state index contributed by atoms with van der Waals surface area (Å²) in [7, 11) is 1.53. The highest BCUT2D eigenvalue weighted by atomic mass is 32.1. The molecule has 0 spiro atoms. The summed E-state index contributed by atoms with van der Waals surface area (Å²) in [6.45, 7) is 0. The second-order valence-corrected chi connectivity index (χ2v) is 3.16. The van der Waals surface area contributed by atoms with E-state index in [0.717, 1.165) is 17.3 Å². The molecule has 5 heteroatoms. The molecule has 0 amide bonds. The first-order valence-electron chi connectivity index (χ1n) is 3.94. The van der Waals surface area contributed by atoms with Gasteiger partial charge in [0.2, 0.25) is 0 Å². The van der Waals surface area contributed by atoms with Gasteiger partial charge in [-0.2, -0.15) is 4.37 Å². The molecule has 0 unspecified atom stereocenters. The fraction of sp³-hybridized carbons (Fsp3) is 0.111. The molecule has 0 saturated heterocycles. The smallest absolute Gasteiger partial charge is 0.253 e. The van der Waals surface area contributed by atoms with Crippen molar-refractivity contribution in [1.82, 2.24) is 8.75 Å². The largest absolute Gasteiger partial charge is 0.479 e. The Labute approximate surface area is 84.5 Å². The van der Waals surface area contributed by atoms with Crippen molar-refractivity contribution in [2.75, 3.05) is 7.11 Å². The summed E-state index contributed by atoms with van der Waals surface area (Å²) < 4.78 is 25.7. The van der Waals surface area contributed by atoms with Gasteiger partial charge in [0.05, 0.1) is 18.8 Å². The first-order valence-corrected chi connectivity index (χ1v) is 4.67. The molecule has 0 aliphatic rings. The zero-order valence-electron chi connectivity index (χ0n) is 7.40. The van der Waals surface area contributed by atoms with Crippen LogP contribution in [0.4, 0.5) is 4.39 Å². The lowest BCUT2D eigenvalue weighted by molar-refractivity contribution is 0.403. The van der Waals surface area contributed by atoms with Crippen molar-refractivity contribution in [3.63, 3.8) is 0 Å². The Morgan fingerprint density at radius 2 is 1.93 bits per heavy atom. The maximum Gasteiger partial charge on any atom is 0.253 e. The van der Waals surface area contributed by atoms with E-state index >= 15 is 0 Å². The Bertz CT molecular complexity index is 427. The molecule has 0 aliphatic heterocycles. The average Bonchev–Trinajstić information content (AvgIpc) is 2.67. The Balaban J connectivity index is 2.44. The maximum atomic E-state index is 12.6. The average molecular weight is 210 g/mol. The standard InChI is InChI=1S/C9H7FN2OS/c1-13-9-8(11-14-12-9)6-2-4-7(10)5-3-6/h2-5H,1H3. The van der Waals surface area contributed by atoms with Gasteiger partial charge in [0.25, 0.3) is 5.88 Å². The molecule has 2 aromatic rings. The van der Waals surface area contributed by atoms with Gasteiger partial charge < -0.3 is 4.74 Å². The summed E-state index contributed by atoms with van der Waals surface area (Å²) in [5.41, 5.74) is 1.45. The number of benzene rings is 1. The molecule has 72 valence electrons. The van der Waals surface area contributed by atoms with Gasteiger partial charge in [0, 0.05) is 5.56 Å². The van der Waals surface area contributed by atoms with Gasteiger partial charge in [-0.1, -0.05) is 0 Å². The first-order chi connectivity index (χ1) is 6.81. The van der Waals surface area contributed by atoms with E-state index in [-0.39, 0.29) is 5.82 Å². The van der Waals surface area contributed by atoms with Crippen LogP contribution in [0.15, 0.2) is 24.3 Å². The van der Waals surface area contributed by atoms with Crippen LogP contribution in [0.3, 0.4) is 0 Å². The topological polar surface area (TPSA) is 35.0 Å². The van der Waals surface area contributed by atoms with Crippen LogP contribution in [-0.2, 0) is 0 Å². The Morgan fingerprint density at radius 3 is 2.57 bits per heavy atom. The van der Waals surface area contributed by atoms with Crippen molar-refractivity contribution in [2.45, 2.75) is 0 Å². The number of nitrogens with zero attached hydrogens (tertiary/aromatic N) is 2. The lowest BCUT2D eigenvalue weighted by atomic mass is 10.1. The molecule has 1 heterocycles. The molecule has 3 nitrogen and oxygen atoms in total. The van der Waals surface area contributed by atoms with Crippen molar-refractivity contribution in [1.29, 1.82) is 0 Å². The highest BCUT2D eigenvalue weighted by Gasteiger charge is 2.10. The van der Waals surface area contributed by atoms with Crippen LogP contribution in [0, 0.1) is 5.82 Å². The summed E-state index contributed by atoms with van der Waals surface area (Å²) in [5.74, 6) is 0.206. The monoisotopic (exact) mass is 210 g/mol. The number of ether oxygens (including phenoxy) is 1. The molecule has 0 atom stereocenters. The molecule has 0 N–H and O–H groups in total. The van der Waals surface area contributed by atoms with E-state index in [1.165, 1.54) is 19.2 Å². The molecule has 0 fully saturated rings. The number of hydrogen-bond donors (Lipinski definition) is 0. The summed E-state index contributed by atoms with van der Waals surface area (Å²) in [6.07, 6.45) is 0. The van der Waals surface area contributed by atoms with Gasteiger partial charge in [-0.15, -0.1) is 4.37 Å². The second kappa shape index (κ2) is 3.71. The SMILES string of the molecule is COc1nsnc1-c1ccc(F)cc1. The van der Waals surface area contributed by atoms with Crippen molar-refractivity contribution in [2.24, 2.45) is 0 Å². The molecule has 1 aromatic heterocycles. The van der Waals surface area contributed by atoms with Crippen LogP contribution < -0.4 is 4.74 Å². The molecule has 1 aromatic carbocycles. The summed E-state index contributed by atoms with van der Waals surface area (Å²) in [5, 5.41) is 0. The Hall–Kier alpha value is -1.49. The fourth-order valence-corrected chi connectivity index (χ4v) is 1.64. The first kappa shape index (κ1) is 9.08. The zero-order valence-corrected chi connectivity index (χ0v) is 8.21. The third kappa shape index (κ3) is 1.58. The molecular formula is C9H7FN2OS. The van der Waals surface area contributed by atoms with Crippen molar-refractivity contribution < 1.29 is 9.13 Å². The van der Waals surface area contributed by atoms with Crippen LogP contribution in [0.25, 0.3) is 11.3 Å². The minimum atomic E-state index is -0.268. The molecule has 0 radical (unpaired) electrons. The molecular weight excluding hydrogens is 203 g/mol. The minimum absolute atomic E-state index is 0.268. The van der Waals surface area contributed by atoms with E-state index in [1.54, 1.807) is 12.1 Å². The van der Waals surface area contributed by atoms with Gasteiger partial charge in [-0.05, 0) is 24.3 Å². The Kier molecular flexibility index (Phi) is 2.41. The van der Waals surface area contributed by atoms with E-state index in [4.69, 9.17) is 4.74 Å². The van der Waals surface area contributed by atoms with Gasteiger partial charge >= 0.3 is 0 Å². The minimum Gasteiger partial charge on any atom is -0.479 e. The molecule has 0 bridgehead atoms. The highest BCUT2D eigenvalue weighted by Crippen LogP contribution is 2.27. The third-order valence-electron chi connectivity index (χ3n) is 1.77. The van der Waals surface area contributed by atoms with Gasteiger partial charge in [-0.25, -0.2) is 4.39 Å². The maximum absolute atomic E-state index is 12.6. The number of aromatic nitrogens is 2. The van der Waals surface area contributed by atoms with Gasteiger partial charge in [-0.3, -0.25) is 0 Å². The fourth-order valence-electron chi connectivity index (χ4n) is 1.10. The highest BCUT2D eigenvalue weighted by molar-refractivity contribution is 6.99. The van der Waals surface area contributed by atoms with Crippen LogP contribution in [0.2, 0.25) is 0 Å².